The number of ether oxygens (including phenoxy) is 1. The van der Waals surface area contributed by atoms with Gasteiger partial charge in [0.2, 0.25) is 5.91 Å². The van der Waals surface area contributed by atoms with Crippen LogP contribution in [0, 0.1) is 0 Å². The van der Waals surface area contributed by atoms with Crippen LogP contribution in [-0.2, 0) is 4.79 Å². The number of hydrogen-bond acceptors (Lipinski definition) is 2. The van der Waals surface area contributed by atoms with Crippen molar-refractivity contribution in [2.24, 2.45) is 5.73 Å². The standard InChI is InChI=1S/C11H11F2NO2/c12-11(13)16-9-5-1-3-8(7-9)4-2-6-10(14)15/h1-5,7,11H,6H2,(H2,14,15). The van der Waals surface area contributed by atoms with Gasteiger partial charge in [0.05, 0.1) is 0 Å². The molecule has 1 rings (SSSR count). The van der Waals surface area contributed by atoms with Crippen molar-refractivity contribution in [1.82, 2.24) is 0 Å². The monoisotopic (exact) mass is 227 g/mol. The zero-order valence-electron chi connectivity index (χ0n) is 8.40. The molecule has 0 heterocycles. The molecule has 0 unspecified atom stereocenters. The summed E-state index contributed by atoms with van der Waals surface area (Å²) in [6, 6.07) is 6.17. The number of alkyl halides is 2. The van der Waals surface area contributed by atoms with Crippen LogP contribution in [0.3, 0.4) is 0 Å². The number of amides is 1. The van der Waals surface area contributed by atoms with Gasteiger partial charge in [0.1, 0.15) is 5.75 Å². The molecule has 0 saturated carbocycles. The number of carbonyl (C=O) groups is 1. The number of hydrogen-bond donors (Lipinski definition) is 1. The third-order valence-electron chi connectivity index (χ3n) is 1.71. The molecule has 1 aromatic rings. The average molecular weight is 227 g/mol. The lowest BCUT2D eigenvalue weighted by atomic mass is 10.2. The van der Waals surface area contributed by atoms with Gasteiger partial charge in [-0.1, -0.05) is 24.3 Å². The molecule has 0 aliphatic carbocycles. The van der Waals surface area contributed by atoms with E-state index < -0.39 is 12.5 Å². The van der Waals surface area contributed by atoms with Gasteiger partial charge in [-0.25, -0.2) is 0 Å². The molecular formula is C11H11F2NO2. The third kappa shape index (κ3) is 4.54. The zero-order valence-corrected chi connectivity index (χ0v) is 8.40. The Morgan fingerprint density at radius 2 is 2.25 bits per heavy atom. The predicted octanol–water partition coefficient (Wildman–Crippen LogP) is 2.18. The number of halogens is 2. The second-order valence-electron chi connectivity index (χ2n) is 3.02. The van der Waals surface area contributed by atoms with E-state index in [1.165, 1.54) is 12.1 Å². The smallest absolute Gasteiger partial charge is 0.387 e. The van der Waals surface area contributed by atoms with Gasteiger partial charge < -0.3 is 10.5 Å². The van der Waals surface area contributed by atoms with Crippen molar-refractivity contribution in [2.45, 2.75) is 13.0 Å². The molecule has 0 radical (unpaired) electrons. The molecule has 0 bridgehead atoms. The molecule has 0 saturated heterocycles. The Morgan fingerprint density at radius 3 is 2.88 bits per heavy atom. The number of rotatable bonds is 5. The summed E-state index contributed by atoms with van der Waals surface area (Å²) in [5, 5.41) is 0. The van der Waals surface area contributed by atoms with E-state index in [9.17, 15) is 13.6 Å². The maximum atomic E-state index is 11.9. The van der Waals surface area contributed by atoms with Gasteiger partial charge in [-0.05, 0) is 17.7 Å². The molecule has 16 heavy (non-hydrogen) atoms. The number of primary amides is 1. The first kappa shape index (κ1) is 12.2. The number of carbonyl (C=O) groups excluding carboxylic acids is 1. The van der Waals surface area contributed by atoms with E-state index in [1.54, 1.807) is 24.3 Å². The van der Waals surface area contributed by atoms with Crippen LogP contribution in [-0.4, -0.2) is 12.5 Å². The second-order valence-corrected chi connectivity index (χ2v) is 3.02. The largest absolute Gasteiger partial charge is 0.435 e. The Hall–Kier alpha value is -1.91. The highest BCUT2D eigenvalue weighted by atomic mass is 19.3. The van der Waals surface area contributed by atoms with Gasteiger partial charge >= 0.3 is 6.61 Å². The van der Waals surface area contributed by atoms with Crippen molar-refractivity contribution < 1.29 is 18.3 Å². The molecule has 0 fully saturated rings. The van der Waals surface area contributed by atoms with Crippen molar-refractivity contribution in [3.05, 3.63) is 35.9 Å². The molecule has 2 N–H and O–H groups in total. The lowest BCUT2D eigenvalue weighted by Gasteiger charge is -2.04. The number of benzene rings is 1. The predicted molar refractivity (Wildman–Crippen MR) is 55.9 cm³/mol. The zero-order chi connectivity index (χ0) is 12.0. The van der Waals surface area contributed by atoms with Crippen LogP contribution in [0.2, 0.25) is 0 Å². The van der Waals surface area contributed by atoms with Crippen LogP contribution in [0.5, 0.6) is 5.75 Å². The molecule has 3 nitrogen and oxygen atoms in total. The molecule has 0 aromatic heterocycles. The maximum absolute atomic E-state index is 11.9. The van der Waals surface area contributed by atoms with E-state index in [2.05, 4.69) is 4.74 Å². The Labute approximate surface area is 91.5 Å². The lowest BCUT2D eigenvalue weighted by molar-refractivity contribution is -0.117. The van der Waals surface area contributed by atoms with Gasteiger partial charge in [-0.15, -0.1) is 0 Å². The normalized spacial score (nSPS) is 10.9. The van der Waals surface area contributed by atoms with Gasteiger partial charge in [-0.3, -0.25) is 4.79 Å². The Morgan fingerprint density at radius 1 is 1.50 bits per heavy atom. The van der Waals surface area contributed by atoms with E-state index in [-0.39, 0.29) is 12.2 Å². The molecule has 1 aromatic carbocycles. The summed E-state index contributed by atoms with van der Waals surface area (Å²) in [7, 11) is 0. The quantitative estimate of drug-likeness (QED) is 0.838. The first-order valence-corrected chi connectivity index (χ1v) is 4.57. The van der Waals surface area contributed by atoms with E-state index >= 15 is 0 Å². The minimum atomic E-state index is -2.84. The van der Waals surface area contributed by atoms with Gasteiger partial charge in [0, 0.05) is 6.42 Å². The topological polar surface area (TPSA) is 52.3 Å². The summed E-state index contributed by atoms with van der Waals surface area (Å²) in [5.41, 5.74) is 5.60. The van der Waals surface area contributed by atoms with Crippen LogP contribution in [0.15, 0.2) is 30.3 Å². The van der Waals surface area contributed by atoms with Gasteiger partial charge in [0.15, 0.2) is 0 Å². The van der Waals surface area contributed by atoms with E-state index in [0.29, 0.717) is 5.56 Å². The maximum Gasteiger partial charge on any atom is 0.387 e. The first-order valence-electron chi connectivity index (χ1n) is 4.57. The summed E-state index contributed by atoms with van der Waals surface area (Å²) in [4.78, 5) is 10.4. The Balaban J connectivity index is 2.67. The molecule has 0 aliphatic heterocycles. The minimum absolute atomic E-state index is 0.0798. The Kier molecular flexibility index (Phi) is 4.44. The third-order valence-corrected chi connectivity index (χ3v) is 1.71. The Bertz CT molecular complexity index is 391. The van der Waals surface area contributed by atoms with Crippen molar-refractivity contribution in [3.63, 3.8) is 0 Å². The SMILES string of the molecule is NC(=O)CC=Cc1cccc(OC(F)F)c1. The summed E-state index contributed by atoms with van der Waals surface area (Å²) >= 11 is 0. The summed E-state index contributed by atoms with van der Waals surface area (Å²) in [5.74, 6) is -0.368. The molecule has 0 spiro atoms. The van der Waals surface area contributed by atoms with Crippen LogP contribution >= 0.6 is 0 Å². The van der Waals surface area contributed by atoms with Crippen molar-refractivity contribution >= 4 is 12.0 Å². The van der Waals surface area contributed by atoms with Crippen LogP contribution in [0.25, 0.3) is 6.08 Å². The second kappa shape index (κ2) is 5.85. The first-order chi connectivity index (χ1) is 7.58. The minimum Gasteiger partial charge on any atom is -0.435 e. The highest BCUT2D eigenvalue weighted by Gasteiger charge is 2.03. The average Bonchev–Trinajstić information content (AvgIpc) is 2.16. The highest BCUT2D eigenvalue weighted by Crippen LogP contribution is 2.16. The van der Waals surface area contributed by atoms with Crippen LogP contribution in [0.4, 0.5) is 8.78 Å². The fourth-order valence-electron chi connectivity index (χ4n) is 1.11. The molecule has 0 atom stereocenters. The van der Waals surface area contributed by atoms with Crippen molar-refractivity contribution in [2.75, 3.05) is 0 Å². The van der Waals surface area contributed by atoms with Gasteiger partial charge in [0.25, 0.3) is 0 Å². The summed E-state index contributed by atoms with van der Waals surface area (Å²) < 4.78 is 28.0. The van der Waals surface area contributed by atoms with Gasteiger partial charge in [-0.2, -0.15) is 8.78 Å². The lowest BCUT2D eigenvalue weighted by Crippen LogP contribution is -2.07. The molecule has 5 heteroatoms. The number of nitrogens with two attached hydrogens (primary N) is 1. The van der Waals surface area contributed by atoms with Crippen LogP contribution in [0.1, 0.15) is 12.0 Å². The molecular weight excluding hydrogens is 216 g/mol. The fourth-order valence-corrected chi connectivity index (χ4v) is 1.11. The van der Waals surface area contributed by atoms with Crippen LogP contribution < -0.4 is 10.5 Å². The van der Waals surface area contributed by atoms with Crippen molar-refractivity contribution in [3.8, 4) is 5.75 Å². The molecule has 86 valence electrons. The van der Waals surface area contributed by atoms with E-state index in [4.69, 9.17) is 5.73 Å². The van der Waals surface area contributed by atoms with E-state index in [0.717, 1.165) is 0 Å². The fraction of sp³-hybridized carbons (Fsp3) is 0.182. The molecule has 1 amide bonds. The van der Waals surface area contributed by atoms with Crippen molar-refractivity contribution in [1.29, 1.82) is 0 Å². The summed E-state index contributed by atoms with van der Waals surface area (Å²) in [6.45, 7) is -2.84. The highest BCUT2D eigenvalue weighted by molar-refractivity contribution is 5.76. The molecule has 0 aliphatic rings. The summed E-state index contributed by atoms with van der Waals surface area (Å²) in [6.07, 6.45) is 3.28. The van der Waals surface area contributed by atoms with E-state index in [1.807, 2.05) is 0 Å².